The van der Waals surface area contributed by atoms with Crippen molar-refractivity contribution < 1.29 is 19.1 Å². The number of likely N-dealkylation sites (N-methyl/N-ethyl adjacent to an activating group) is 1. The molecular formula is C14H14N2O4. The maximum Gasteiger partial charge on any atom is 0.371 e. The van der Waals surface area contributed by atoms with E-state index in [-0.39, 0.29) is 17.4 Å². The van der Waals surface area contributed by atoms with E-state index in [2.05, 4.69) is 4.98 Å². The number of hydrogen-bond acceptors (Lipinski definition) is 4. The van der Waals surface area contributed by atoms with Gasteiger partial charge in [-0.1, -0.05) is 0 Å². The highest BCUT2D eigenvalue weighted by atomic mass is 16.4. The summed E-state index contributed by atoms with van der Waals surface area (Å²) in [6.07, 6.45) is 4.09. The molecule has 6 nitrogen and oxygen atoms in total. The van der Waals surface area contributed by atoms with Crippen molar-refractivity contribution in [1.82, 2.24) is 9.88 Å². The van der Waals surface area contributed by atoms with Crippen LogP contribution in [0.1, 0.15) is 26.7 Å². The molecule has 0 unspecified atom stereocenters. The fourth-order valence-electron chi connectivity index (χ4n) is 1.70. The van der Waals surface area contributed by atoms with Gasteiger partial charge in [-0.3, -0.25) is 9.78 Å². The number of amides is 1. The van der Waals surface area contributed by atoms with E-state index in [0.29, 0.717) is 13.0 Å². The van der Waals surface area contributed by atoms with E-state index in [0.717, 1.165) is 5.56 Å². The van der Waals surface area contributed by atoms with Crippen LogP contribution in [0, 0.1) is 0 Å². The van der Waals surface area contributed by atoms with Gasteiger partial charge in [0.15, 0.2) is 5.76 Å². The van der Waals surface area contributed by atoms with Crippen molar-refractivity contribution in [2.24, 2.45) is 0 Å². The van der Waals surface area contributed by atoms with Crippen LogP contribution in [0.2, 0.25) is 0 Å². The van der Waals surface area contributed by atoms with Gasteiger partial charge in [-0.05, 0) is 36.2 Å². The summed E-state index contributed by atoms with van der Waals surface area (Å²) in [7, 11) is 1.65. The van der Waals surface area contributed by atoms with E-state index in [1.54, 1.807) is 19.4 Å². The molecular weight excluding hydrogens is 260 g/mol. The zero-order valence-corrected chi connectivity index (χ0v) is 10.9. The minimum Gasteiger partial charge on any atom is -0.475 e. The monoisotopic (exact) mass is 274 g/mol. The second kappa shape index (κ2) is 6.01. The van der Waals surface area contributed by atoms with E-state index < -0.39 is 5.97 Å². The molecule has 0 atom stereocenters. The zero-order chi connectivity index (χ0) is 14.5. The fourth-order valence-corrected chi connectivity index (χ4v) is 1.70. The van der Waals surface area contributed by atoms with Crippen molar-refractivity contribution in [1.29, 1.82) is 0 Å². The molecule has 0 aliphatic rings. The first kappa shape index (κ1) is 13.8. The van der Waals surface area contributed by atoms with E-state index in [9.17, 15) is 9.59 Å². The average molecular weight is 274 g/mol. The van der Waals surface area contributed by atoms with Crippen molar-refractivity contribution in [3.05, 3.63) is 53.7 Å². The Kier molecular flexibility index (Phi) is 4.14. The highest BCUT2D eigenvalue weighted by Gasteiger charge is 2.18. The van der Waals surface area contributed by atoms with Gasteiger partial charge in [0, 0.05) is 26.0 Å². The van der Waals surface area contributed by atoms with Crippen molar-refractivity contribution in [3.8, 4) is 0 Å². The van der Waals surface area contributed by atoms with Crippen molar-refractivity contribution in [2.75, 3.05) is 13.6 Å². The minimum absolute atomic E-state index is 0.0274. The van der Waals surface area contributed by atoms with Gasteiger partial charge in [0.25, 0.3) is 5.91 Å². The zero-order valence-electron chi connectivity index (χ0n) is 10.9. The molecule has 1 N–H and O–H groups in total. The predicted octanol–water partition coefficient (Wildman–Crippen LogP) is 1.69. The number of hydrogen-bond donors (Lipinski definition) is 1. The van der Waals surface area contributed by atoms with Crippen LogP contribution < -0.4 is 0 Å². The van der Waals surface area contributed by atoms with Gasteiger partial charge in [0.2, 0.25) is 5.76 Å². The van der Waals surface area contributed by atoms with Gasteiger partial charge in [0.1, 0.15) is 0 Å². The van der Waals surface area contributed by atoms with E-state index in [4.69, 9.17) is 9.52 Å². The lowest BCUT2D eigenvalue weighted by atomic mass is 10.2. The molecule has 6 heteroatoms. The third-order valence-corrected chi connectivity index (χ3v) is 2.86. The third kappa shape index (κ3) is 3.23. The first-order chi connectivity index (χ1) is 9.58. The lowest BCUT2D eigenvalue weighted by Gasteiger charge is -2.15. The molecule has 0 fully saturated rings. The molecule has 2 aromatic rings. The summed E-state index contributed by atoms with van der Waals surface area (Å²) in [5.74, 6) is -1.74. The Hall–Kier alpha value is -2.63. The predicted molar refractivity (Wildman–Crippen MR) is 70.6 cm³/mol. The summed E-state index contributed by atoms with van der Waals surface area (Å²) in [5, 5.41) is 8.75. The standard InChI is InChI=1S/C14H14N2O4/c1-16(9-6-10-4-7-15-8-5-10)13(17)11-2-3-12(20-11)14(18)19/h2-5,7-8H,6,9H2,1H3,(H,18,19). The Morgan fingerprint density at radius 1 is 1.20 bits per heavy atom. The molecule has 0 aliphatic carbocycles. The largest absolute Gasteiger partial charge is 0.475 e. The number of carbonyl (C=O) groups excluding carboxylic acids is 1. The summed E-state index contributed by atoms with van der Waals surface area (Å²) >= 11 is 0. The van der Waals surface area contributed by atoms with Crippen molar-refractivity contribution in [2.45, 2.75) is 6.42 Å². The van der Waals surface area contributed by atoms with Gasteiger partial charge in [-0.15, -0.1) is 0 Å². The SMILES string of the molecule is CN(CCc1ccncc1)C(=O)c1ccc(C(=O)O)o1. The molecule has 0 saturated heterocycles. The molecule has 104 valence electrons. The average Bonchev–Trinajstić information content (AvgIpc) is 2.95. The number of aromatic nitrogens is 1. The first-order valence-electron chi connectivity index (χ1n) is 6.05. The summed E-state index contributed by atoms with van der Waals surface area (Å²) in [5.41, 5.74) is 1.07. The quantitative estimate of drug-likeness (QED) is 0.896. The molecule has 1 amide bonds. The van der Waals surface area contributed by atoms with Crippen LogP contribution in [0.15, 0.2) is 41.1 Å². The van der Waals surface area contributed by atoms with Gasteiger partial charge < -0.3 is 14.4 Å². The maximum absolute atomic E-state index is 12.0. The number of carboxylic acid groups (broad SMARTS) is 1. The number of furan rings is 1. The summed E-state index contributed by atoms with van der Waals surface area (Å²) in [4.78, 5) is 28.1. The van der Waals surface area contributed by atoms with Crippen molar-refractivity contribution >= 4 is 11.9 Å². The molecule has 20 heavy (non-hydrogen) atoms. The number of aromatic carboxylic acids is 1. The fraction of sp³-hybridized carbons (Fsp3) is 0.214. The second-order valence-corrected chi connectivity index (χ2v) is 4.30. The van der Waals surface area contributed by atoms with Gasteiger partial charge in [-0.2, -0.15) is 0 Å². The first-order valence-corrected chi connectivity index (χ1v) is 6.05. The number of nitrogens with zero attached hydrogens (tertiary/aromatic N) is 2. The molecule has 0 aliphatic heterocycles. The molecule has 0 aromatic carbocycles. The van der Waals surface area contributed by atoms with E-state index in [1.165, 1.54) is 17.0 Å². The Labute approximate surface area is 115 Å². The van der Waals surface area contributed by atoms with Crippen LogP contribution in [-0.4, -0.2) is 40.5 Å². The third-order valence-electron chi connectivity index (χ3n) is 2.86. The molecule has 2 heterocycles. The highest BCUT2D eigenvalue weighted by Crippen LogP contribution is 2.10. The molecule has 0 radical (unpaired) electrons. The Morgan fingerprint density at radius 3 is 2.45 bits per heavy atom. The lowest BCUT2D eigenvalue weighted by Crippen LogP contribution is -2.28. The van der Waals surface area contributed by atoms with Crippen molar-refractivity contribution in [3.63, 3.8) is 0 Å². The molecule has 2 rings (SSSR count). The molecule has 0 saturated carbocycles. The number of carboxylic acids is 1. The van der Waals surface area contributed by atoms with Gasteiger partial charge >= 0.3 is 5.97 Å². The second-order valence-electron chi connectivity index (χ2n) is 4.30. The molecule has 2 aromatic heterocycles. The van der Waals surface area contributed by atoms with Crippen LogP contribution in [-0.2, 0) is 6.42 Å². The summed E-state index contributed by atoms with van der Waals surface area (Å²) in [6.45, 7) is 0.506. The van der Waals surface area contributed by atoms with Crippen LogP contribution >= 0.6 is 0 Å². The smallest absolute Gasteiger partial charge is 0.371 e. The van der Waals surface area contributed by atoms with Gasteiger partial charge in [0.05, 0.1) is 0 Å². The Bertz CT molecular complexity index is 607. The topological polar surface area (TPSA) is 83.6 Å². The highest BCUT2D eigenvalue weighted by molar-refractivity contribution is 5.93. The van der Waals surface area contributed by atoms with Crippen LogP contribution in [0.4, 0.5) is 0 Å². The van der Waals surface area contributed by atoms with E-state index in [1.807, 2.05) is 12.1 Å². The Balaban J connectivity index is 1.96. The maximum atomic E-state index is 12.0. The Morgan fingerprint density at radius 2 is 1.85 bits per heavy atom. The lowest BCUT2D eigenvalue weighted by molar-refractivity contribution is 0.0654. The van der Waals surface area contributed by atoms with E-state index >= 15 is 0 Å². The van der Waals surface area contributed by atoms with Gasteiger partial charge in [-0.25, -0.2) is 4.79 Å². The van der Waals surface area contributed by atoms with Crippen LogP contribution in [0.3, 0.4) is 0 Å². The van der Waals surface area contributed by atoms with Crippen LogP contribution in [0.25, 0.3) is 0 Å². The normalized spacial score (nSPS) is 10.2. The minimum atomic E-state index is -1.19. The number of carbonyl (C=O) groups is 2. The van der Waals surface area contributed by atoms with Crippen LogP contribution in [0.5, 0.6) is 0 Å². The number of pyridine rings is 1. The summed E-state index contributed by atoms with van der Waals surface area (Å²) in [6, 6.07) is 6.41. The number of rotatable bonds is 5. The molecule has 0 bridgehead atoms. The summed E-state index contributed by atoms with van der Waals surface area (Å²) < 4.78 is 4.98. The molecule has 0 spiro atoms.